The molecule has 1 amide bonds. The average Bonchev–Trinajstić information content (AvgIpc) is 2.37. The molecule has 1 fully saturated rings. The number of rotatable bonds is 3. The van der Waals surface area contributed by atoms with E-state index < -0.39 is 0 Å². The minimum atomic E-state index is 0.174. The quantitative estimate of drug-likeness (QED) is 0.834. The van der Waals surface area contributed by atoms with E-state index in [1.54, 1.807) is 4.90 Å². The van der Waals surface area contributed by atoms with E-state index in [0.29, 0.717) is 18.4 Å². The Hall–Kier alpha value is -1.35. The molecule has 0 aliphatic carbocycles. The molecule has 0 radical (unpaired) electrons. The molecule has 0 aromatic heterocycles. The smallest absolute Gasteiger partial charge is 0.240 e. The molecule has 1 aromatic carbocycles. The molecular formula is C16H24N2O. The van der Waals surface area contributed by atoms with Crippen molar-refractivity contribution in [2.75, 3.05) is 31.6 Å². The van der Waals surface area contributed by atoms with Crippen molar-refractivity contribution in [2.45, 2.75) is 20.3 Å². The molecule has 0 N–H and O–H groups in total. The fourth-order valence-corrected chi connectivity index (χ4v) is 3.01. The first kappa shape index (κ1) is 14.1. The highest BCUT2D eigenvalue weighted by atomic mass is 16.2. The predicted molar refractivity (Wildman–Crippen MR) is 79.2 cm³/mol. The zero-order valence-electron chi connectivity index (χ0n) is 12.2. The number of anilines is 1. The van der Waals surface area contributed by atoms with E-state index >= 15 is 0 Å². The molecule has 1 heterocycles. The van der Waals surface area contributed by atoms with E-state index in [4.69, 9.17) is 0 Å². The summed E-state index contributed by atoms with van der Waals surface area (Å²) >= 11 is 0. The first-order chi connectivity index (χ1) is 9.06. The van der Waals surface area contributed by atoms with Gasteiger partial charge in [-0.15, -0.1) is 0 Å². The third-order valence-electron chi connectivity index (χ3n) is 3.82. The number of likely N-dealkylation sites (tertiary alicyclic amines) is 1. The van der Waals surface area contributed by atoms with Gasteiger partial charge in [0.15, 0.2) is 0 Å². The van der Waals surface area contributed by atoms with Crippen molar-refractivity contribution in [1.82, 2.24) is 4.90 Å². The number of piperidine rings is 1. The van der Waals surface area contributed by atoms with Crippen molar-refractivity contribution in [2.24, 2.45) is 11.8 Å². The largest absolute Gasteiger partial charge is 0.314 e. The van der Waals surface area contributed by atoms with Gasteiger partial charge in [0.1, 0.15) is 0 Å². The lowest BCUT2D eigenvalue weighted by Crippen LogP contribution is -2.45. The van der Waals surface area contributed by atoms with E-state index in [0.717, 1.165) is 18.8 Å². The van der Waals surface area contributed by atoms with Gasteiger partial charge in [0, 0.05) is 25.8 Å². The van der Waals surface area contributed by atoms with E-state index in [1.165, 1.54) is 6.42 Å². The zero-order valence-corrected chi connectivity index (χ0v) is 12.2. The molecule has 1 aromatic rings. The van der Waals surface area contributed by atoms with Crippen LogP contribution in [-0.2, 0) is 4.79 Å². The normalized spacial score (nSPS) is 24.2. The molecule has 1 saturated heterocycles. The summed E-state index contributed by atoms with van der Waals surface area (Å²) in [5.74, 6) is 1.56. The van der Waals surface area contributed by atoms with Crippen molar-refractivity contribution in [3.63, 3.8) is 0 Å². The number of nitrogens with zero attached hydrogens (tertiary/aromatic N) is 2. The fraction of sp³-hybridized carbons (Fsp3) is 0.562. The van der Waals surface area contributed by atoms with Gasteiger partial charge in [0.25, 0.3) is 0 Å². The Morgan fingerprint density at radius 2 is 1.79 bits per heavy atom. The molecule has 2 rings (SSSR count). The maximum Gasteiger partial charge on any atom is 0.240 e. The van der Waals surface area contributed by atoms with E-state index in [2.05, 4.69) is 18.7 Å². The number of hydrogen-bond acceptors (Lipinski definition) is 2. The summed E-state index contributed by atoms with van der Waals surface area (Å²) in [6.45, 7) is 7.15. The minimum absolute atomic E-state index is 0.174. The molecule has 2 atom stereocenters. The number of likely N-dealkylation sites (N-methyl/N-ethyl adjacent to an activating group) is 1. The Kier molecular flexibility index (Phi) is 4.59. The van der Waals surface area contributed by atoms with Crippen LogP contribution in [0.2, 0.25) is 0 Å². The second-order valence-electron chi connectivity index (χ2n) is 5.93. The van der Waals surface area contributed by atoms with Gasteiger partial charge in [-0.3, -0.25) is 9.69 Å². The Labute approximate surface area is 116 Å². The highest BCUT2D eigenvalue weighted by Gasteiger charge is 2.24. The van der Waals surface area contributed by atoms with E-state index in [-0.39, 0.29) is 5.91 Å². The summed E-state index contributed by atoms with van der Waals surface area (Å²) in [7, 11) is 1.86. The number of carbonyl (C=O) groups is 1. The Morgan fingerprint density at radius 1 is 1.21 bits per heavy atom. The maximum atomic E-state index is 12.3. The van der Waals surface area contributed by atoms with Crippen LogP contribution < -0.4 is 4.90 Å². The summed E-state index contributed by atoms with van der Waals surface area (Å²) in [5.41, 5.74) is 0.964. The van der Waals surface area contributed by atoms with Crippen molar-refractivity contribution in [3.05, 3.63) is 30.3 Å². The standard InChI is InChI=1S/C16H24N2O/c1-13-9-14(2)11-18(10-13)12-16(19)17(3)15-7-5-4-6-8-15/h4-8,13-14H,9-12H2,1-3H3. The summed E-state index contributed by atoms with van der Waals surface area (Å²) in [4.78, 5) is 16.4. The van der Waals surface area contributed by atoms with Crippen LogP contribution in [0.1, 0.15) is 20.3 Å². The minimum Gasteiger partial charge on any atom is -0.314 e. The Balaban J connectivity index is 1.93. The third kappa shape index (κ3) is 3.80. The van der Waals surface area contributed by atoms with Crippen molar-refractivity contribution >= 4 is 11.6 Å². The molecule has 0 bridgehead atoms. The Morgan fingerprint density at radius 3 is 2.37 bits per heavy atom. The summed E-state index contributed by atoms with van der Waals surface area (Å²) in [5, 5.41) is 0. The number of benzene rings is 1. The highest BCUT2D eigenvalue weighted by Crippen LogP contribution is 2.21. The van der Waals surface area contributed by atoms with Gasteiger partial charge in [0.05, 0.1) is 6.54 Å². The molecule has 0 saturated carbocycles. The predicted octanol–water partition coefficient (Wildman–Crippen LogP) is 2.63. The topological polar surface area (TPSA) is 23.6 Å². The lowest BCUT2D eigenvalue weighted by atomic mass is 9.92. The van der Waals surface area contributed by atoms with Crippen LogP contribution in [0, 0.1) is 11.8 Å². The highest BCUT2D eigenvalue weighted by molar-refractivity contribution is 5.94. The van der Waals surface area contributed by atoms with E-state index in [9.17, 15) is 4.79 Å². The fourth-order valence-electron chi connectivity index (χ4n) is 3.01. The second kappa shape index (κ2) is 6.20. The van der Waals surface area contributed by atoms with Crippen molar-refractivity contribution in [1.29, 1.82) is 0 Å². The van der Waals surface area contributed by atoms with Gasteiger partial charge in [0.2, 0.25) is 5.91 Å². The molecule has 3 nitrogen and oxygen atoms in total. The van der Waals surface area contributed by atoms with Crippen LogP contribution in [0.15, 0.2) is 30.3 Å². The second-order valence-corrected chi connectivity index (χ2v) is 5.93. The van der Waals surface area contributed by atoms with Crippen molar-refractivity contribution in [3.8, 4) is 0 Å². The number of carbonyl (C=O) groups excluding carboxylic acids is 1. The van der Waals surface area contributed by atoms with Gasteiger partial charge < -0.3 is 4.90 Å². The summed E-state index contributed by atoms with van der Waals surface area (Å²) < 4.78 is 0. The van der Waals surface area contributed by atoms with Crippen LogP contribution >= 0.6 is 0 Å². The third-order valence-corrected chi connectivity index (χ3v) is 3.82. The van der Waals surface area contributed by atoms with Gasteiger partial charge in [-0.25, -0.2) is 0 Å². The van der Waals surface area contributed by atoms with Gasteiger partial charge in [-0.05, 0) is 30.4 Å². The first-order valence-corrected chi connectivity index (χ1v) is 7.10. The first-order valence-electron chi connectivity index (χ1n) is 7.10. The number of hydrogen-bond donors (Lipinski definition) is 0. The van der Waals surface area contributed by atoms with Crippen molar-refractivity contribution < 1.29 is 4.79 Å². The monoisotopic (exact) mass is 260 g/mol. The Bertz CT molecular complexity index is 408. The molecule has 19 heavy (non-hydrogen) atoms. The van der Waals surface area contributed by atoms with Crippen LogP contribution in [0.25, 0.3) is 0 Å². The van der Waals surface area contributed by atoms with Crippen LogP contribution in [0.4, 0.5) is 5.69 Å². The zero-order chi connectivity index (χ0) is 13.8. The number of amides is 1. The number of para-hydroxylation sites is 1. The summed E-state index contributed by atoms with van der Waals surface area (Å²) in [6, 6.07) is 9.84. The molecular weight excluding hydrogens is 236 g/mol. The summed E-state index contributed by atoms with van der Waals surface area (Å²) in [6.07, 6.45) is 1.28. The van der Waals surface area contributed by atoms with E-state index in [1.807, 2.05) is 37.4 Å². The molecule has 3 heteroatoms. The lowest BCUT2D eigenvalue weighted by molar-refractivity contribution is -0.120. The molecule has 1 aliphatic rings. The van der Waals surface area contributed by atoms with Crippen LogP contribution in [0.5, 0.6) is 0 Å². The van der Waals surface area contributed by atoms with Gasteiger partial charge in [-0.1, -0.05) is 32.0 Å². The molecule has 2 unspecified atom stereocenters. The maximum absolute atomic E-state index is 12.3. The van der Waals surface area contributed by atoms with Crippen LogP contribution in [-0.4, -0.2) is 37.5 Å². The molecule has 104 valence electrons. The van der Waals surface area contributed by atoms with Gasteiger partial charge in [-0.2, -0.15) is 0 Å². The molecule has 0 spiro atoms. The van der Waals surface area contributed by atoms with Gasteiger partial charge >= 0.3 is 0 Å². The SMILES string of the molecule is CC1CC(C)CN(CC(=O)N(C)c2ccccc2)C1. The average molecular weight is 260 g/mol. The molecule has 1 aliphatic heterocycles. The lowest BCUT2D eigenvalue weighted by Gasteiger charge is -2.35. The van der Waals surface area contributed by atoms with Crippen LogP contribution in [0.3, 0.4) is 0 Å².